The minimum atomic E-state index is -3.47. The minimum absolute atomic E-state index is 0.0243. The lowest BCUT2D eigenvalue weighted by molar-refractivity contribution is 0.598. The Balaban J connectivity index is 2.81. The lowest BCUT2D eigenvalue weighted by Crippen LogP contribution is -2.04. The maximum atomic E-state index is 11.8. The van der Waals surface area contributed by atoms with Gasteiger partial charge in [0, 0.05) is 24.1 Å². The predicted octanol–water partition coefficient (Wildman–Crippen LogP) is 1.96. The highest BCUT2D eigenvalue weighted by molar-refractivity contribution is 7.91. The van der Waals surface area contributed by atoms with Crippen LogP contribution in [0.1, 0.15) is 0 Å². The van der Waals surface area contributed by atoms with Crippen molar-refractivity contribution in [3.63, 3.8) is 0 Å². The Labute approximate surface area is 118 Å². The molecule has 0 saturated heterocycles. The number of hydrogen-bond acceptors (Lipinski definition) is 4. The summed E-state index contributed by atoms with van der Waals surface area (Å²) in [6.07, 6.45) is 2.15. The van der Waals surface area contributed by atoms with Crippen molar-refractivity contribution in [1.82, 2.24) is 0 Å². The third-order valence-corrected chi connectivity index (χ3v) is 4.92. The fourth-order valence-corrected chi connectivity index (χ4v) is 3.26. The molecule has 0 N–H and O–H groups in total. The van der Waals surface area contributed by atoms with Crippen LogP contribution in [-0.4, -0.2) is 29.3 Å². The van der Waals surface area contributed by atoms with Gasteiger partial charge >= 0.3 is 0 Å². The van der Waals surface area contributed by atoms with Crippen LogP contribution < -0.4 is 0 Å². The molecule has 0 bridgehead atoms. The second-order valence-corrected chi connectivity index (χ2v) is 8.44. The first-order valence-electron chi connectivity index (χ1n) is 5.71. The Bertz CT molecular complexity index is 836. The summed E-state index contributed by atoms with van der Waals surface area (Å²) in [5.41, 5.74) is 0.884. The van der Waals surface area contributed by atoms with Gasteiger partial charge in [0.05, 0.1) is 9.79 Å². The molecular formula is C14H13O4S2. The Morgan fingerprint density at radius 3 is 1.90 bits per heavy atom. The fourth-order valence-electron chi connectivity index (χ4n) is 1.81. The third kappa shape index (κ3) is 3.08. The molecule has 4 nitrogen and oxygen atoms in total. The lowest BCUT2D eigenvalue weighted by Gasteiger charge is -2.09. The van der Waals surface area contributed by atoms with Gasteiger partial charge in [0.25, 0.3) is 0 Å². The van der Waals surface area contributed by atoms with E-state index in [1.807, 2.05) is 0 Å². The summed E-state index contributed by atoms with van der Waals surface area (Å²) >= 11 is 0. The van der Waals surface area contributed by atoms with Crippen molar-refractivity contribution in [1.29, 1.82) is 0 Å². The summed E-state index contributed by atoms with van der Waals surface area (Å²) < 4.78 is 46.8. The highest BCUT2D eigenvalue weighted by Gasteiger charge is 2.18. The predicted molar refractivity (Wildman–Crippen MR) is 76.9 cm³/mol. The van der Waals surface area contributed by atoms with Crippen molar-refractivity contribution in [3.8, 4) is 11.1 Å². The van der Waals surface area contributed by atoms with Crippen molar-refractivity contribution in [2.75, 3.05) is 12.5 Å². The average Bonchev–Trinajstić information content (AvgIpc) is 2.37. The Morgan fingerprint density at radius 2 is 1.40 bits per heavy atom. The van der Waals surface area contributed by atoms with E-state index < -0.39 is 19.7 Å². The molecular weight excluding hydrogens is 296 g/mol. The van der Waals surface area contributed by atoms with Crippen LogP contribution in [0.2, 0.25) is 0 Å². The molecule has 0 saturated carbocycles. The monoisotopic (exact) mass is 309 g/mol. The van der Waals surface area contributed by atoms with Gasteiger partial charge < -0.3 is 0 Å². The molecule has 0 fully saturated rings. The maximum absolute atomic E-state index is 11.8. The number of benzene rings is 2. The van der Waals surface area contributed by atoms with Crippen LogP contribution in [0.5, 0.6) is 0 Å². The van der Waals surface area contributed by atoms with Crippen LogP contribution in [0.4, 0.5) is 0 Å². The largest absolute Gasteiger partial charge is 0.224 e. The minimum Gasteiger partial charge on any atom is -0.224 e. The summed E-state index contributed by atoms with van der Waals surface area (Å²) in [5.74, 6) is 0. The summed E-state index contributed by atoms with van der Waals surface area (Å²) in [4.78, 5) is 0.0415. The summed E-state index contributed by atoms with van der Waals surface area (Å²) in [5, 5.41) is 0. The molecule has 0 aliphatic heterocycles. The zero-order valence-corrected chi connectivity index (χ0v) is 12.6. The molecule has 0 aliphatic rings. The van der Waals surface area contributed by atoms with Gasteiger partial charge in [-0.1, -0.05) is 30.3 Å². The summed E-state index contributed by atoms with van der Waals surface area (Å²) in [7, 11) is -6.92. The van der Waals surface area contributed by atoms with Crippen LogP contribution in [0.15, 0.2) is 52.3 Å². The maximum Gasteiger partial charge on any atom is 0.176 e. The van der Waals surface area contributed by atoms with Gasteiger partial charge in [0.2, 0.25) is 0 Å². The van der Waals surface area contributed by atoms with Crippen molar-refractivity contribution in [3.05, 3.63) is 48.5 Å². The average molecular weight is 309 g/mol. The van der Waals surface area contributed by atoms with Crippen molar-refractivity contribution < 1.29 is 16.8 Å². The molecule has 1 radical (unpaired) electrons. The normalized spacial score (nSPS) is 12.3. The number of hydrogen-bond donors (Lipinski definition) is 0. The number of sulfone groups is 2. The third-order valence-electron chi connectivity index (χ3n) is 2.74. The first-order valence-corrected chi connectivity index (χ1v) is 9.50. The zero-order valence-electron chi connectivity index (χ0n) is 11.0. The molecule has 0 amide bonds. The molecule has 0 unspecified atom stereocenters. The van der Waals surface area contributed by atoms with E-state index in [0.29, 0.717) is 5.56 Å². The highest BCUT2D eigenvalue weighted by Crippen LogP contribution is 2.29. The number of rotatable bonds is 3. The Hall–Kier alpha value is -1.66. The van der Waals surface area contributed by atoms with E-state index in [2.05, 4.69) is 6.07 Å². The molecule has 0 aliphatic carbocycles. The van der Waals surface area contributed by atoms with E-state index in [-0.39, 0.29) is 15.4 Å². The van der Waals surface area contributed by atoms with Gasteiger partial charge in [0.15, 0.2) is 19.7 Å². The van der Waals surface area contributed by atoms with Crippen LogP contribution >= 0.6 is 0 Å². The zero-order chi connectivity index (χ0) is 15.0. The summed E-state index contributed by atoms with van der Waals surface area (Å²) in [6.45, 7) is 0. The molecule has 0 heterocycles. The molecule has 2 aromatic carbocycles. The molecule has 0 spiro atoms. The lowest BCUT2D eigenvalue weighted by atomic mass is 10.1. The van der Waals surface area contributed by atoms with E-state index in [1.54, 1.807) is 30.3 Å². The standard InChI is InChI=1S/C14H13O4S2/c1-19(15,16)12-8-9-14(20(2,17)18)13(10-12)11-6-4-3-5-7-11/h3-9H,1-2H3. The Kier molecular flexibility index (Phi) is 3.71. The van der Waals surface area contributed by atoms with Gasteiger partial charge in [-0.15, -0.1) is 0 Å². The highest BCUT2D eigenvalue weighted by atomic mass is 32.2. The van der Waals surface area contributed by atoms with Gasteiger partial charge in [-0.3, -0.25) is 0 Å². The van der Waals surface area contributed by atoms with Gasteiger partial charge in [-0.2, -0.15) is 0 Å². The molecule has 0 atom stereocenters. The van der Waals surface area contributed by atoms with Gasteiger partial charge in [-0.25, -0.2) is 16.8 Å². The van der Waals surface area contributed by atoms with Gasteiger partial charge in [-0.05, 0) is 17.7 Å². The Morgan fingerprint density at radius 1 is 0.800 bits per heavy atom. The quantitative estimate of drug-likeness (QED) is 0.869. The van der Waals surface area contributed by atoms with Gasteiger partial charge in [0.1, 0.15) is 0 Å². The van der Waals surface area contributed by atoms with Crippen LogP contribution in [0.3, 0.4) is 0 Å². The van der Waals surface area contributed by atoms with Crippen molar-refractivity contribution in [2.24, 2.45) is 0 Å². The molecule has 105 valence electrons. The first-order chi connectivity index (χ1) is 9.19. The second-order valence-electron chi connectivity index (χ2n) is 4.47. The fraction of sp³-hybridized carbons (Fsp3) is 0.143. The molecule has 0 aromatic heterocycles. The van der Waals surface area contributed by atoms with E-state index >= 15 is 0 Å². The topological polar surface area (TPSA) is 68.3 Å². The van der Waals surface area contributed by atoms with E-state index in [1.165, 1.54) is 12.1 Å². The van der Waals surface area contributed by atoms with E-state index in [9.17, 15) is 16.8 Å². The van der Waals surface area contributed by atoms with Crippen LogP contribution in [0.25, 0.3) is 11.1 Å². The van der Waals surface area contributed by atoms with Crippen LogP contribution in [0, 0.1) is 6.07 Å². The SMILES string of the molecule is CS(=O)(=O)c1[c]c(-c2ccccc2)c(S(C)(=O)=O)cc1. The second kappa shape index (κ2) is 5.03. The molecule has 6 heteroatoms. The molecule has 2 aromatic rings. The van der Waals surface area contributed by atoms with Crippen molar-refractivity contribution >= 4 is 19.7 Å². The summed E-state index contributed by atoms with van der Waals surface area (Å²) in [6, 6.07) is 14.0. The van der Waals surface area contributed by atoms with Crippen molar-refractivity contribution in [2.45, 2.75) is 9.79 Å². The molecule has 2 rings (SSSR count). The van der Waals surface area contributed by atoms with E-state index in [0.717, 1.165) is 12.5 Å². The first kappa shape index (κ1) is 14.7. The van der Waals surface area contributed by atoms with E-state index in [4.69, 9.17) is 0 Å². The van der Waals surface area contributed by atoms with Crippen LogP contribution in [-0.2, 0) is 19.7 Å². The molecule has 20 heavy (non-hydrogen) atoms. The smallest absolute Gasteiger partial charge is 0.176 e.